The Morgan fingerprint density at radius 2 is 1.53 bits per heavy atom. The van der Waals surface area contributed by atoms with Crippen molar-refractivity contribution in [2.75, 3.05) is 5.75 Å². The molecule has 6 rings (SSSR count). The SMILES string of the molecule is BrC1=C2C(=Cc3ccc[c-]c32)CS1.[Cl-].[Cl-].[S]=[Zr+2].[c-]1cccc2c1-c1ccccc1C2. The molecular weight excluding hydrogens is 594 g/mol. The Bertz CT molecular complexity index is 1070. The summed E-state index contributed by atoms with van der Waals surface area (Å²) in [5.41, 5.74) is 10.9. The van der Waals surface area contributed by atoms with Crippen LogP contribution < -0.4 is 24.8 Å². The molecule has 0 atom stereocenters. The summed E-state index contributed by atoms with van der Waals surface area (Å²) in [5, 5.41) is 0. The minimum atomic E-state index is 0. The van der Waals surface area contributed by atoms with E-state index in [4.69, 9.17) is 0 Å². The molecule has 3 aliphatic rings. The number of hydrogen-bond acceptors (Lipinski definition) is 2. The summed E-state index contributed by atoms with van der Waals surface area (Å²) < 4.78 is 1.26. The summed E-state index contributed by atoms with van der Waals surface area (Å²) in [6.45, 7) is 0. The molecule has 0 fully saturated rings. The van der Waals surface area contributed by atoms with Crippen molar-refractivity contribution in [2.24, 2.45) is 0 Å². The van der Waals surface area contributed by atoms with E-state index >= 15 is 0 Å². The fraction of sp³-hybridized carbons (Fsp3) is 0.0833. The number of fused-ring (bicyclic) bond motifs is 6. The molecule has 0 radical (unpaired) electrons. The molecule has 30 heavy (non-hydrogen) atoms. The van der Waals surface area contributed by atoms with E-state index in [1.54, 1.807) is 0 Å². The van der Waals surface area contributed by atoms with E-state index in [-0.39, 0.29) is 24.8 Å². The molecule has 0 amide bonds. The van der Waals surface area contributed by atoms with Crippen LogP contribution in [0.25, 0.3) is 22.8 Å². The van der Waals surface area contributed by atoms with Gasteiger partial charge in [0.1, 0.15) is 0 Å². The fourth-order valence-corrected chi connectivity index (χ4v) is 5.44. The Morgan fingerprint density at radius 3 is 2.33 bits per heavy atom. The molecule has 0 aromatic heterocycles. The van der Waals surface area contributed by atoms with Gasteiger partial charge in [-0.3, -0.25) is 0 Å². The number of thioether (sulfide) groups is 1. The van der Waals surface area contributed by atoms with Gasteiger partial charge in [0.2, 0.25) is 0 Å². The summed E-state index contributed by atoms with van der Waals surface area (Å²) in [6, 6.07) is 27.6. The van der Waals surface area contributed by atoms with Crippen LogP contribution in [0.3, 0.4) is 0 Å². The fourth-order valence-electron chi connectivity index (χ4n) is 3.75. The molecule has 0 saturated carbocycles. The smallest absolute Gasteiger partial charge is 0.0454 e. The van der Waals surface area contributed by atoms with Gasteiger partial charge in [-0.25, -0.2) is 0 Å². The maximum absolute atomic E-state index is 4.17. The van der Waals surface area contributed by atoms with Crippen molar-refractivity contribution in [2.45, 2.75) is 6.42 Å². The van der Waals surface area contributed by atoms with Gasteiger partial charge in [0.15, 0.2) is 0 Å². The van der Waals surface area contributed by atoms with E-state index in [1.807, 2.05) is 30.0 Å². The van der Waals surface area contributed by atoms with Crippen molar-refractivity contribution in [1.29, 1.82) is 0 Å². The third kappa shape index (κ3) is 5.17. The standard InChI is InChI=1S/C13H9.C11H6BrS.2ClH.S.Zr/c1-3-7-12-10(5-1)9-11-6-2-4-8-13(11)12;12-11-10-8(6-13-11)5-7-3-1-2-4-9(7)10;;;;/h1-7H,9H2;1-3,5H,6H2;2*1H;;/q2*-1;;;;+2/p-2. The zero-order valence-corrected chi connectivity index (χ0v) is 22.9. The van der Waals surface area contributed by atoms with Gasteiger partial charge in [-0.05, 0) is 6.42 Å². The van der Waals surface area contributed by atoms with Crippen molar-refractivity contribution in [3.8, 4) is 11.1 Å². The first-order valence-corrected chi connectivity index (χ1v) is 14.0. The Kier molecular flexibility index (Phi) is 10.4. The molecule has 0 unspecified atom stereocenters. The van der Waals surface area contributed by atoms with E-state index in [1.165, 1.54) is 48.3 Å². The van der Waals surface area contributed by atoms with Gasteiger partial charge in [0.05, 0.1) is 0 Å². The van der Waals surface area contributed by atoms with Crippen molar-refractivity contribution in [1.82, 2.24) is 0 Å². The van der Waals surface area contributed by atoms with Gasteiger partial charge in [0, 0.05) is 9.57 Å². The van der Waals surface area contributed by atoms with Gasteiger partial charge in [-0.2, -0.15) is 0 Å². The van der Waals surface area contributed by atoms with Crippen LogP contribution in [0, 0.1) is 12.1 Å². The zero-order chi connectivity index (χ0) is 19.5. The molecule has 1 heterocycles. The van der Waals surface area contributed by atoms with E-state index in [0.29, 0.717) is 0 Å². The quantitative estimate of drug-likeness (QED) is 0.277. The summed E-state index contributed by atoms with van der Waals surface area (Å²) in [5.74, 6) is 1.10. The molecule has 3 aromatic carbocycles. The van der Waals surface area contributed by atoms with E-state index < -0.39 is 0 Å². The molecule has 6 heteroatoms. The first-order valence-electron chi connectivity index (χ1n) is 8.84. The average Bonchev–Trinajstić information content (AvgIpc) is 3.42. The van der Waals surface area contributed by atoms with Crippen LogP contribution in [0.15, 0.2) is 70.1 Å². The number of hydrogen-bond donors (Lipinski definition) is 0. The molecule has 0 bridgehead atoms. The molecule has 0 saturated heterocycles. The Balaban J connectivity index is 0.000000186. The summed E-state index contributed by atoms with van der Waals surface area (Å²) in [4.78, 5) is 0. The second-order valence-corrected chi connectivity index (χ2v) is 8.82. The number of rotatable bonds is 0. The van der Waals surface area contributed by atoms with E-state index in [0.717, 1.165) is 34.9 Å². The molecule has 3 aromatic rings. The van der Waals surface area contributed by atoms with Crippen molar-refractivity contribution in [3.63, 3.8) is 0 Å². The summed E-state index contributed by atoms with van der Waals surface area (Å²) >= 11 is 6.59. The Hall–Kier alpha value is -0.347. The van der Waals surface area contributed by atoms with Crippen LogP contribution >= 0.6 is 36.5 Å². The van der Waals surface area contributed by atoms with E-state index in [2.05, 4.69) is 85.5 Å². The topological polar surface area (TPSA) is 0 Å². The van der Waals surface area contributed by atoms with Crippen LogP contribution in [-0.4, -0.2) is 5.75 Å². The van der Waals surface area contributed by atoms with Crippen LogP contribution in [-0.2, 0) is 29.1 Å². The monoisotopic (exact) mass is 606 g/mol. The average molecular weight is 610 g/mol. The molecule has 2 aliphatic carbocycles. The first kappa shape index (κ1) is 25.9. The second-order valence-electron chi connectivity index (χ2n) is 6.51. The van der Waals surface area contributed by atoms with Gasteiger partial charge in [0.25, 0.3) is 0 Å². The zero-order valence-electron chi connectivity index (χ0n) is 15.7. The second kappa shape index (κ2) is 12.0. The van der Waals surface area contributed by atoms with Crippen molar-refractivity contribution in [3.05, 3.63) is 104 Å². The van der Waals surface area contributed by atoms with Crippen molar-refractivity contribution >= 4 is 48.2 Å². The van der Waals surface area contributed by atoms with Crippen LogP contribution in [0.5, 0.6) is 0 Å². The number of benzene rings is 3. The maximum Gasteiger partial charge on any atom is -0.0454 e. The van der Waals surface area contributed by atoms with Gasteiger partial charge >= 0.3 is 31.5 Å². The van der Waals surface area contributed by atoms with E-state index in [9.17, 15) is 0 Å². The third-order valence-corrected chi connectivity index (χ3v) is 6.95. The number of halogens is 3. The van der Waals surface area contributed by atoms with Crippen LogP contribution in [0.4, 0.5) is 0 Å². The van der Waals surface area contributed by atoms with Gasteiger partial charge in [-0.15, -0.1) is 88.6 Å². The predicted molar refractivity (Wildman–Crippen MR) is 123 cm³/mol. The Morgan fingerprint density at radius 1 is 0.867 bits per heavy atom. The normalized spacial score (nSPS) is 13.6. The molecule has 1 aliphatic heterocycles. The number of allylic oxidation sites excluding steroid dienone is 1. The first-order chi connectivity index (χ1) is 13.8. The van der Waals surface area contributed by atoms with Crippen molar-refractivity contribution < 1.29 is 47.5 Å². The minimum absolute atomic E-state index is 0. The molecule has 150 valence electrons. The summed E-state index contributed by atoms with van der Waals surface area (Å²) in [7, 11) is 4.17. The molecule has 0 nitrogen and oxygen atoms in total. The largest absolute Gasteiger partial charge is 0.147 e. The van der Waals surface area contributed by atoms with Gasteiger partial charge < -0.3 is 24.8 Å². The molecular formula is C24H15BrCl2S2Zr-2. The van der Waals surface area contributed by atoms with Crippen LogP contribution in [0.1, 0.15) is 22.3 Å². The third-order valence-electron chi connectivity index (χ3n) is 4.95. The summed E-state index contributed by atoms with van der Waals surface area (Å²) in [6.07, 6.45) is 3.34. The molecule has 0 spiro atoms. The van der Waals surface area contributed by atoms with Crippen LogP contribution in [0.2, 0.25) is 0 Å². The maximum atomic E-state index is 4.17. The molecule has 0 N–H and O–H groups in total. The predicted octanol–water partition coefficient (Wildman–Crippen LogP) is 1.41. The Labute approximate surface area is 221 Å². The van der Waals surface area contributed by atoms with Gasteiger partial charge in [-0.1, -0.05) is 62.5 Å². The minimum Gasteiger partial charge on any atom is -0.147 e.